The zero-order valence-electron chi connectivity index (χ0n) is 13.1. The zero-order valence-corrected chi connectivity index (χ0v) is 13.9. The van der Waals surface area contributed by atoms with Crippen molar-refractivity contribution in [3.8, 4) is 0 Å². The summed E-state index contributed by atoms with van der Waals surface area (Å²) in [5, 5.41) is 0. The lowest BCUT2D eigenvalue weighted by Gasteiger charge is -2.09. The summed E-state index contributed by atoms with van der Waals surface area (Å²) in [5.41, 5.74) is 0. The largest absolute Gasteiger partial charge is 0.464 e. The third kappa shape index (κ3) is 8.41. The first-order valence-corrected chi connectivity index (χ1v) is 9.87. The van der Waals surface area contributed by atoms with E-state index in [1.54, 1.807) is 0 Å². The highest BCUT2D eigenvalue weighted by atomic mass is 32.2. The Morgan fingerprint density at radius 1 is 1.05 bits per heavy atom. The van der Waals surface area contributed by atoms with Gasteiger partial charge in [-0.15, -0.1) is 0 Å². The van der Waals surface area contributed by atoms with Crippen molar-refractivity contribution in [2.45, 2.75) is 77.2 Å². The molecule has 0 aromatic rings. The summed E-state index contributed by atoms with van der Waals surface area (Å²) in [6.45, 7) is 2.52. The third-order valence-electron chi connectivity index (χ3n) is 3.77. The maximum atomic E-state index is 11.8. The van der Waals surface area contributed by atoms with Crippen LogP contribution in [-0.4, -0.2) is 32.8 Å². The summed E-state index contributed by atoms with van der Waals surface area (Å²) in [4.78, 5) is 11.2. The smallest absolute Gasteiger partial charge is 0.324 e. The van der Waals surface area contributed by atoms with E-state index in [1.807, 2.05) is 0 Å². The van der Waals surface area contributed by atoms with E-state index in [1.165, 1.54) is 38.5 Å². The van der Waals surface area contributed by atoms with Crippen molar-refractivity contribution in [3.63, 3.8) is 0 Å². The topological polar surface area (TPSA) is 72.5 Å². The van der Waals surface area contributed by atoms with Crippen molar-refractivity contribution < 1.29 is 17.9 Å². The summed E-state index contributed by atoms with van der Waals surface area (Å²) < 4.78 is 30.8. The minimum atomic E-state index is -3.35. The van der Waals surface area contributed by atoms with Crippen LogP contribution in [0.25, 0.3) is 0 Å². The van der Waals surface area contributed by atoms with Crippen LogP contribution in [0.5, 0.6) is 0 Å². The standard InChI is InChI=1S/C15H29NO4S/c1-2-3-4-5-6-7-8-9-10-13-21(18,19)16-14-11-12-20-15(14)17/h14,16H,2-13H2,1H3/t14-/m0/s1. The molecule has 0 unspecified atom stereocenters. The van der Waals surface area contributed by atoms with Crippen LogP contribution < -0.4 is 4.72 Å². The fourth-order valence-electron chi connectivity index (χ4n) is 2.48. The molecule has 0 spiro atoms. The van der Waals surface area contributed by atoms with Gasteiger partial charge in [-0.1, -0.05) is 58.3 Å². The maximum absolute atomic E-state index is 11.8. The molecular weight excluding hydrogens is 290 g/mol. The van der Waals surface area contributed by atoms with Crippen LogP contribution in [-0.2, 0) is 19.6 Å². The Balaban J connectivity index is 2.02. The van der Waals surface area contributed by atoms with Gasteiger partial charge in [0.15, 0.2) is 0 Å². The predicted octanol–water partition coefficient (Wildman–Crippen LogP) is 2.75. The number of cyclic esters (lactones) is 1. The maximum Gasteiger partial charge on any atom is 0.324 e. The van der Waals surface area contributed by atoms with E-state index in [0.717, 1.165) is 12.8 Å². The molecule has 1 N–H and O–H groups in total. The van der Waals surface area contributed by atoms with Crippen molar-refractivity contribution in [2.24, 2.45) is 0 Å². The minimum Gasteiger partial charge on any atom is -0.464 e. The molecule has 0 aromatic heterocycles. The van der Waals surface area contributed by atoms with Gasteiger partial charge in [0, 0.05) is 6.42 Å². The highest BCUT2D eigenvalue weighted by molar-refractivity contribution is 7.89. The van der Waals surface area contributed by atoms with E-state index in [-0.39, 0.29) is 5.75 Å². The summed E-state index contributed by atoms with van der Waals surface area (Å²) >= 11 is 0. The number of ether oxygens (including phenoxy) is 1. The monoisotopic (exact) mass is 319 g/mol. The Kier molecular flexibility index (Phi) is 8.92. The van der Waals surface area contributed by atoms with E-state index in [4.69, 9.17) is 4.74 Å². The normalized spacial score (nSPS) is 18.9. The van der Waals surface area contributed by atoms with Gasteiger partial charge in [-0.25, -0.2) is 13.1 Å². The van der Waals surface area contributed by atoms with Crippen LogP contribution >= 0.6 is 0 Å². The average Bonchev–Trinajstić information content (AvgIpc) is 2.82. The number of hydrogen-bond acceptors (Lipinski definition) is 4. The van der Waals surface area contributed by atoms with E-state index < -0.39 is 22.0 Å². The first-order valence-electron chi connectivity index (χ1n) is 8.22. The van der Waals surface area contributed by atoms with Crippen LogP contribution in [0.3, 0.4) is 0 Å². The molecule has 1 aliphatic heterocycles. The molecule has 6 heteroatoms. The Morgan fingerprint density at radius 2 is 1.62 bits per heavy atom. The second-order valence-corrected chi connectivity index (χ2v) is 7.65. The van der Waals surface area contributed by atoms with Crippen molar-refractivity contribution in [1.82, 2.24) is 4.72 Å². The molecule has 1 saturated heterocycles. The number of hydrogen-bond donors (Lipinski definition) is 1. The number of unbranched alkanes of at least 4 members (excludes halogenated alkanes) is 8. The number of rotatable bonds is 12. The zero-order chi connectivity index (χ0) is 15.6. The molecule has 0 saturated carbocycles. The lowest BCUT2D eigenvalue weighted by molar-refractivity contribution is -0.139. The van der Waals surface area contributed by atoms with Crippen molar-refractivity contribution >= 4 is 16.0 Å². The van der Waals surface area contributed by atoms with E-state index >= 15 is 0 Å². The highest BCUT2D eigenvalue weighted by Gasteiger charge is 2.30. The third-order valence-corrected chi connectivity index (χ3v) is 5.24. The molecule has 5 nitrogen and oxygen atoms in total. The van der Waals surface area contributed by atoms with Crippen molar-refractivity contribution in [3.05, 3.63) is 0 Å². The van der Waals surface area contributed by atoms with Gasteiger partial charge in [-0.2, -0.15) is 0 Å². The molecule has 0 aliphatic carbocycles. The molecule has 0 radical (unpaired) electrons. The minimum absolute atomic E-state index is 0.104. The molecular formula is C15H29NO4S. The Bertz CT molecular complexity index is 394. The quantitative estimate of drug-likeness (QED) is 0.443. The van der Waals surface area contributed by atoms with Crippen LogP contribution in [0, 0.1) is 0 Å². The lowest BCUT2D eigenvalue weighted by Crippen LogP contribution is -2.39. The van der Waals surface area contributed by atoms with Gasteiger partial charge in [0.1, 0.15) is 6.04 Å². The first-order chi connectivity index (χ1) is 10.0. The van der Waals surface area contributed by atoms with Gasteiger partial charge in [-0.05, 0) is 6.42 Å². The molecule has 1 fully saturated rings. The Hall–Kier alpha value is -0.620. The van der Waals surface area contributed by atoms with Gasteiger partial charge in [0.2, 0.25) is 10.0 Å². The summed E-state index contributed by atoms with van der Waals surface area (Å²) in [6.07, 6.45) is 10.7. The number of nitrogens with one attached hydrogen (secondary N) is 1. The highest BCUT2D eigenvalue weighted by Crippen LogP contribution is 2.11. The number of esters is 1. The van der Waals surface area contributed by atoms with Crippen LogP contribution in [0.15, 0.2) is 0 Å². The fraction of sp³-hybridized carbons (Fsp3) is 0.933. The molecule has 124 valence electrons. The predicted molar refractivity (Wildman–Crippen MR) is 83.5 cm³/mol. The summed E-state index contributed by atoms with van der Waals surface area (Å²) in [6, 6.07) is -0.673. The average molecular weight is 319 g/mol. The van der Waals surface area contributed by atoms with E-state index in [0.29, 0.717) is 19.4 Å². The van der Waals surface area contributed by atoms with Crippen LogP contribution in [0.1, 0.15) is 71.1 Å². The second-order valence-electron chi connectivity index (χ2n) is 5.77. The van der Waals surface area contributed by atoms with E-state index in [9.17, 15) is 13.2 Å². The van der Waals surface area contributed by atoms with Crippen molar-refractivity contribution in [2.75, 3.05) is 12.4 Å². The molecule has 1 atom stereocenters. The van der Waals surface area contributed by atoms with Gasteiger partial charge in [0.05, 0.1) is 12.4 Å². The first kappa shape index (κ1) is 18.4. The SMILES string of the molecule is CCCCCCCCCCCS(=O)(=O)N[C@H]1CCOC1=O. The lowest BCUT2D eigenvalue weighted by atomic mass is 10.1. The fourth-order valence-corrected chi connectivity index (χ4v) is 3.83. The molecule has 1 rings (SSSR count). The molecule has 0 aromatic carbocycles. The second kappa shape index (κ2) is 10.2. The molecule has 21 heavy (non-hydrogen) atoms. The Morgan fingerprint density at radius 3 is 2.14 bits per heavy atom. The van der Waals surface area contributed by atoms with Crippen LogP contribution in [0.2, 0.25) is 0 Å². The number of carbonyl (C=O) groups excluding carboxylic acids is 1. The Labute approximate surface area is 128 Å². The van der Waals surface area contributed by atoms with Gasteiger partial charge >= 0.3 is 5.97 Å². The summed E-state index contributed by atoms with van der Waals surface area (Å²) in [7, 11) is -3.35. The number of sulfonamides is 1. The molecule has 0 amide bonds. The van der Waals surface area contributed by atoms with Crippen LogP contribution in [0.4, 0.5) is 0 Å². The molecule has 0 bridgehead atoms. The molecule has 1 heterocycles. The van der Waals surface area contributed by atoms with E-state index in [2.05, 4.69) is 11.6 Å². The molecule has 1 aliphatic rings. The van der Waals surface area contributed by atoms with Crippen molar-refractivity contribution in [1.29, 1.82) is 0 Å². The van der Waals surface area contributed by atoms with Gasteiger partial charge in [0.25, 0.3) is 0 Å². The summed E-state index contributed by atoms with van der Waals surface area (Å²) in [5.74, 6) is -0.349. The van der Waals surface area contributed by atoms with Gasteiger partial charge < -0.3 is 4.74 Å². The number of carbonyl (C=O) groups is 1. The van der Waals surface area contributed by atoms with Gasteiger partial charge in [-0.3, -0.25) is 4.79 Å².